The first-order chi connectivity index (χ1) is 16.3. The summed E-state index contributed by atoms with van der Waals surface area (Å²) in [6.07, 6.45) is 8.37. The highest BCUT2D eigenvalue weighted by atomic mass is 79.9. The molecule has 0 saturated carbocycles. The number of benzene rings is 2. The van der Waals surface area contributed by atoms with E-state index in [1.54, 1.807) is 12.1 Å². The number of carbonyl (C=O) groups is 3. The molecule has 0 unspecified atom stereocenters. The van der Waals surface area contributed by atoms with E-state index >= 15 is 0 Å². The van der Waals surface area contributed by atoms with Crippen LogP contribution in [0.5, 0.6) is 5.75 Å². The van der Waals surface area contributed by atoms with Crippen LogP contribution in [0.25, 0.3) is 6.08 Å². The Labute approximate surface area is 214 Å². The molecule has 4 amide bonds. The van der Waals surface area contributed by atoms with Crippen LogP contribution in [0.2, 0.25) is 0 Å². The third-order valence-corrected chi connectivity index (χ3v) is 6.44. The predicted octanol–water partition coefficient (Wildman–Crippen LogP) is 6.76. The molecule has 0 radical (unpaired) electrons. The molecule has 1 heterocycles. The highest BCUT2D eigenvalue weighted by molar-refractivity contribution is 9.11. The lowest BCUT2D eigenvalue weighted by molar-refractivity contribution is -0.122. The number of barbiturate groups is 1. The number of anilines is 1. The Morgan fingerprint density at radius 3 is 2.24 bits per heavy atom. The van der Waals surface area contributed by atoms with Crippen molar-refractivity contribution in [3.05, 3.63) is 62.3 Å². The van der Waals surface area contributed by atoms with Crippen molar-refractivity contribution in [3.8, 4) is 5.75 Å². The summed E-state index contributed by atoms with van der Waals surface area (Å²) in [5.74, 6) is -1.47. The number of unbranched alkanes of at least 4 members (excludes halogenated alkanes) is 5. The number of hydrogen-bond acceptors (Lipinski definition) is 4. The zero-order valence-electron chi connectivity index (χ0n) is 18.7. The predicted molar refractivity (Wildman–Crippen MR) is 136 cm³/mol. The highest BCUT2D eigenvalue weighted by Gasteiger charge is 2.36. The van der Waals surface area contributed by atoms with Gasteiger partial charge in [-0.3, -0.25) is 14.9 Å². The SMILES string of the molecule is CCCCCCCCOc1c(Br)cc(/C=C2\C(=O)NC(=O)N(c3ccc(F)cc3)C2=O)cc1Br. The molecule has 2 aromatic rings. The standard InChI is InChI=1S/C25H25Br2FN2O4/c1-2-3-4-5-6-7-12-34-22-20(26)14-16(15-21(22)27)13-19-23(31)29-25(33)30(24(19)32)18-10-8-17(28)9-11-18/h8-11,13-15H,2-7,12H2,1H3,(H,29,31,33)/b19-13+. The van der Waals surface area contributed by atoms with Crippen LogP contribution >= 0.6 is 31.9 Å². The summed E-state index contributed by atoms with van der Waals surface area (Å²) in [6, 6.07) is 7.43. The van der Waals surface area contributed by atoms with E-state index in [2.05, 4.69) is 44.1 Å². The lowest BCUT2D eigenvalue weighted by Gasteiger charge is -2.26. The maximum absolute atomic E-state index is 13.3. The van der Waals surface area contributed by atoms with Gasteiger partial charge >= 0.3 is 6.03 Å². The summed E-state index contributed by atoms with van der Waals surface area (Å²) < 4.78 is 20.5. The molecule has 6 nitrogen and oxygen atoms in total. The number of halogens is 3. The van der Waals surface area contributed by atoms with Crippen LogP contribution in [0, 0.1) is 5.82 Å². The Morgan fingerprint density at radius 2 is 1.59 bits per heavy atom. The molecule has 180 valence electrons. The van der Waals surface area contributed by atoms with Crippen molar-refractivity contribution in [1.29, 1.82) is 0 Å². The van der Waals surface area contributed by atoms with Gasteiger partial charge in [-0.05, 0) is 86.3 Å². The van der Waals surface area contributed by atoms with Crippen molar-refractivity contribution in [1.82, 2.24) is 5.32 Å². The van der Waals surface area contributed by atoms with Crippen LogP contribution < -0.4 is 15.0 Å². The summed E-state index contributed by atoms with van der Waals surface area (Å²) in [7, 11) is 0. The largest absolute Gasteiger partial charge is 0.491 e. The number of urea groups is 1. The molecule has 34 heavy (non-hydrogen) atoms. The quantitative estimate of drug-likeness (QED) is 0.187. The van der Waals surface area contributed by atoms with Crippen molar-refractivity contribution in [3.63, 3.8) is 0 Å². The topological polar surface area (TPSA) is 75.7 Å². The van der Waals surface area contributed by atoms with Crippen LogP contribution in [-0.4, -0.2) is 24.5 Å². The van der Waals surface area contributed by atoms with Crippen LogP contribution in [0.3, 0.4) is 0 Å². The van der Waals surface area contributed by atoms with Gasteiger partial charge in [0.15, 0.2) is 0 Å². The molecule has 1 aliphatic rings. The maximum Gasteiger partial charge on any atom is 0.335 e. The first-order valence-corrected chi connectivity index (χ1v) is 12.7. The zero-order chi connectivity index (χ0) is 24.7. The van der Waals surface area contributed by atoms with Gasteiger partial charge < -0.3 is 4.74 Å². The Hall–Kier alpha value is -2.52. The lowest BCUT2D eigenvalue weighted by atomic mass is 10.1. The molecule has 1 fully saturated rings. The van der Waals surface area contributed by atoms with Crippen molar-refractivity contribution in [2.45, 2.75) is 45.4 Å². The second kappa shape index (κ2) is 12.3. The second-order valence-electron chi connectivity index (χ2n) is 7.86. The maximum atomic E-state index is 13.3. The number of ether oxygens (including phenoxy) is 1. The molecule has 9 heteroatoms. The minimum atomic E-state index is -0.889. The average Bonchev–Trinajstić information content (AvgIpc) is 2.78. The van der Waals surface area contributed by atoms with Gasteiger partial charge in [0.25, 0.3) is 11.8 Å². The molecule has 0 bridgehead atoms. The minimum absolute atomic E-state index is 0.156. The van der Waals surface area contributed by atoms with Crippen molar-refractivity contribution < 1.29 is 23.5 Å². The molecule has 3 rings (SSSR count). The summed E-state index contributed by atoms with van der Waals surface area (Å²) in [4.78, 5) is 38.4. The fourth-order valence-corrected chi connectivity index (χ4v) is 4.96. The number of amides is 4. The zero-order valence-corrected chi connectivity index (χ0v) is 21.9. The summed E-state index contributed by atoms with van der Waals surface area (Å²) in [6.45, 7) is 2.77. The summed E-state index contributed by atoms with van der Waals surface area (Å²) in [5.41, 5.74) is 0.490. The number of nitrogens with one attached hydrogen (secondary N) is 1. The Bertz CT molecular complexity index is 1080. The van der Waals surface area contributed by atoms with Gasteiger partial charge in [0, 0.05) is 0 Å². The molecule has 0 aliphatic carbocycles. The highest BCUT2D eigenvalue weighted by Crippen LogP contribution is 2.36. The lowest BCUT2D eigenvalue weighted by Crippen LogP contribution is -2.54. The van der Waals surface area contributed by atoms with E-state index in [0.29, 0.717) is 26.9 Å². The van der Waals surface area contributed by atoms with Crippen LogP contribution in [0.1, 0.15) is 51.0 Å². The van der Waals surface area contributed by atoms with E-state index in [-0.39, 0.29) is 11.3 Å². The van der Waals surface area contributed by atoms with Crippen LogP contribution in [0.15, 0.2) is 50.9 Å². The fourth-order valence-electron chi connectivity index (χ4n) is 3.51. The third-order valence-electron chi connectivity index (χ3n) is 5.26. The van der Waals surface area contributed by atoms with Crippen LogP contribution in [0.4, 0.5) is 14.9 Å². The molecule has 0 spiro atoms. The Balaban J connectivity index is 1.74. The van der Waals surface area contributed by atoms with Gasteiger partial charge in [0.05, 0.1) is 21.2 Å². The normalized spacial score (nSPS) is 15.1. The van der Waals surface area contributed by atoms with Gasteiger partial charge in [-0.15, -0.1) is 0 Å². The molecule has 0 atom stereocenters. The van der Waals surface area contributed by atoms with Gasteiger partial charge in [0.2, 0.25) is 0 Å². The first-order valence-electron chi connectivity index (χ1n) is 11.1. The molecular weight excluding hydrogens is 571 g/mol. The van der Waals surface area contributed by atoms with Crippen molar-refractivity contribution >= 4 is 61.5 Å². The molecule has 1 N–H and O–H groups in total. The molecule has 1 saturated heterocycles. The number of rotatable bonds is 10. The minimum Gasteiger partial charge on any atom is -0.491 e. The number of imide groups is 2. The Kier molecular flexibility index (Phi) is 9.41. The third kappa shape index (κ3) is 6.54. The average molecular weight is 596 g/mol. The summed E-state index contributed by atoms with van der Waals surface area (Å²) in [5, 5.41) is 2.15. The monoisotopic (exact) mass is 594 g/mol. The van der Waals surface area contributed by atoms with Gasteiger partial charge in [0.1, 0.15) is 17.1 Å². The van der Waals surface area contributed by atoms with Gasteiger partial charge in [-0.25, -0.2) is 14.1 Å². The number of hydrogen-bond donors (Lipinski definition) is 1. The number of carbonyl (C=O) groups excluding carboxylic acids is 3. The van der Waals surface area contributed by atoms with Crippen molar-refractivity contribution in [2.24, 2.45) is 0 Å². The fraction of sp³-hybridized carbons (Fsp3) is 0.320. The van der Waals surface area contributed by atoms with E-state index in [0.717, 1.165) is 29.9 Å². The van der Waals surface area contributed by atoms with Crippen LogP contribution in [-0.2, 0) is 9.59 Å². The second-order valence-corrected chi connectivity index (χ2v) is 9.57. The van der Waals surface area contributed by atoms with Gasteiger partial charge in [-0.1, -0.05) is 39.0 Å². The molecular formula is C25H25Br2FN2O4. The van der Waals surface area contributed by atoms with Crippen molar-refractivity contribution in [2.75, 3.05) is 11.5 Å². The number of nitrogens with zero attached hydrogens (tertiary/aromatic N) is 1. The molecule has 2 aromatic carbocycles. The molecule has 1 aliphatic heterocycles. The van der Waals surface area contributed by atoms with E-state index in [1.165, 1.54) is 43.9 Å². The first kappa shape index (κ1) is 26.1. The van der Waals surface area contributed by atoms with E-state index < -0.39 is 23.7 Å². The van der Waals surface area contributed by atoms with E-state index in [4.69, 9.17) is 4.74 Å². The smallest absolute Gasteiger partial charge is 0.335 e. The molecule has 0 aromatic heterocycles. The van der Waals surface area contributed by atoms with Gasteiger partial charge in [-0.2, -0.15) is 0 Å². The van der Waals surface area contributed by atoms with E-state index in [1.807, 2.05) is 0 Å². The van der Waals surface area contributed by atoms with E-state index in [9.17, 15) is 18.8 Å². The Morgan fingerprint density at radius 1 is 0.971 bits per heavy atom. The summed E-state index contributed by atoms with van der Waals surface area (Å²) >= 11 is 6.98.